The Morgan fingerprint density at radius 1 is 0.731 bits per heavy atom. The highest BCUT2D eigenvalue weighted by Crippen LogP contribution is 2.09. The molecule has 0 aromatic heterocycles. The average Bonchev–Trinajstić information content (AvgIpc) is 2.68. The molecule has 8 heteroatoms. The molecule has 138 valence electrons. The van der Waals surface area contributed by atoms with Crippen LogP contribution in [0.15, 0.2) is 48.6 Å². The van der Waals surface area contributed by atoms with Gasteiger partial charge in [-0.05, 0) is 24.3 Å². The summed E-state index contributed by atoms with van der Waals surface area (Å²) in [5.74, 6) is -2.75. The molecule has 0 saturated carbocycles. The Labute approximate surface area is 150 Å². The Kier molecular flexibility index (Phi) is 7.75. The number of hydrogen-bond donors (Lipinski definition) is 0. The zero-order valence-corrected chi connectivity index (χ0v) is 14.4. The van der Waals surface area contributed by atoms with Crippen LogP contribution in [0.5, 0.6) is 0 Å². The molecule has 1 aromatic rings. The van der Waals surface area contributed by atoms with Crippen molar-refractivity contribution >= 4 is 23.9 Å². The number of rotatable bonds is 8. The van der Waals surface area contributed by atoms with Crippen molar-refractivity contribution in [1.29, 1.82) is 0 Å². The van der Waals surface area contributed by atoms with E-state index in [-0.39, 0.29) is 35.5 Å². The van der Waals surface area contributed by atoms with E-state index in [0.717, 1.165) is 0 Å². The highest BCUT2D eigenvalue weighted by molar-refractivity contribution is 5.94. The van der Waals surface area contributed by atoms with E-state index in [1.165, 1.54) is 38.5 Å². The molecule has 0 amide bonds. The maximum Gasteiger partial charge on any atom is 0.338 e. The van der Waals surface area contributed by atoms with E-state index in [2.05, 4.69) is 22.6 Å². The minimum absolute atomic E-state index is 0.00752. The van der Waals surface area contributed by atoms with Crippen molar-refractivity contribution in [3.63, 3.8) is 0 Å². The molecule has 26 heavy (non-hydrogen) atoms. The Bertz CT molecular complexity index is 667. The first kappa shape index (κ1) is 20.6. The number of carbonyl (C=O) groups is 4. The van der Waals surface area contributed by atoms with Gasteiger partial charge in [0.15, 0.2) is 0 Å². The van der Waals surface area contributed by atoms with Gasteiger partial charge < -0.3 is 18.9 Å². The van der Waals surface area contributed by atoms with Crippen LogP contribution in [0.25, 0.3) is 0 Å². The van der Waals surface area contributed by atoms with Crippen LogP contribution >= 0.6 is 0 Å². The van der Waals surface area contributed by atoms with Gasteiger partial charge >= 0.3 is 23.9 Å². The summed E-state index contributed by atoms with van der Waals surface area (Å²) in [7, 11) is 2.38. The number of ether oxygens (including phenoxy) is 4. The predicted octanol–water partition coefficient (Wildman–Crippen LogP) is 1.46. The van der Waals surface area contributed by atoms with Crippen molar-refractivity contribution in [2.75, 3.05) is 27.4 Å². The van der Waals surface area contributed by atoms with E-state index in [1.807, 2.05) is 0 Å². The summed E-state index contributed by atoms with van der Waals surface area (Å²) in [6.45, 7) is 6.23. The standard InChI is InChI=1S/C18H18O8/c1-11(15(19)23-3)9-25-17(21)13-5-7-14(8-6-13)18(22)26-10-12(2)16(20)24-4/h5-8H,1-2,9-10H2,3-4H3. The Balaban J connectivity index is 2.59. The van der Waals surface area contributed by atoms with E-state index in [1.54, 1.807) is 0 Å². The van der Waals surface area contributed by atoms with Gasteiger partial charge in [0, 0.05) is 0 Å². The molecule has 0 aliphatic heterocycles. The number of hydrogen-bond acceptors (Lipinski definition) is 8. The van der Waals surface area contributed by atoms with Gasteiger partial charge in [-0.25, -0.2) is 19.2 Å². The maximum absolute atomic E-state index is 11.9. The van der Waals surface area contributed by atoms with Crippen LogP contribution in [0.3, 0.4) is 0 Å². The third-order valence-electron chi connectivity index (χ3n) is 3.06. The van der Waals surface area contributed by atoms with Crippen LogP contribution in [-0.2, 0) is 28.5 Å². The van der Waals surface area contributed by atoms with Crippen molar-refractivity contribution < 1.29 is 38.1 Å². The molecule has 0 aliphatic carbocycles. The largest absolute Gasteiger partial charge is 0.466 e. The monoisotopic (exact) mass is 362 g/mol. The normalized spacial score (nSPS) is 9.62. The van der Waals surface area contributed by atoms with Crippen molar-refractivity contribution in [3.8, 4) is 0 Å². The Hall–Kier alpha value is -3.42. The van der Waals surface area contributed by atoms with E-state index < -0.39 is 23.9 Å². The zero-order chi connectivity index (χ0) is 19.7. The third kappa shape index (κ3) is 5.90. The Morgan fingerprint density at radius 3 is 1.31 bits per heavy atom. The van der Waals surface area contributed by atoms with E-state index in [9.17, 15) is 19.2 Å². The molecule has 0 N–H and O–H groups in total. The molecule has 0 spiro atoms. The highest BCUT2D eigenvalue weighted by atomic mass is 16.6. The Morgan fingerprint density at radius 2 is 1.04 bits per heavy atom. The summed E-state index contributed by atoms with van der Waals surface area (Å²) >= 11 is 0. The summed E-state index contributed by atoms with van der Waals surface area (Å²) in [5.41, 5.74) is 0.315. The van der Waals surface area contributed by atoms with E-state index >= 15 is 0 Å². The van der Waals surface area contributed by atoms with Gasteiger partial charge in [0.2, 0.25) is 0 Å². The molecule has 1 rings (SSSR count). The van der Waals surface area contributed by atoms with Crippen molar-refractivity contribution in [2.45, 2.75) is 0 Å². The zero-order valence-electron chi connectivity index (χ0n) is 14.4. The summed E-state index contributed by atoms with van der Waals surface area (Å²) < 4.78 is 18.7. The molecule has 0 saturated heterocycles. The summed E-state index contributed by atoms with van der Waals surface area (Å²) in [6.07, 6.45) is 0. The van der Waals surface area contributed by atoms with Crippen LogP contribution in [0.4, 0.5) is 0 Å². The molecule has 0 bridgehead atoms. The lowest BCUT2D eigenvalue weighted by Gasteiger charge is -2.08. The first-order chi connectivity index (χ1) is 12.3. The SMILES string of the molecule is C=C(COC(=O)c1ccc(C(=O)OCC(=C)C(=O)OC)cc1)C(=O)OC. The molecule has 1 aromatic carbocycles. The molecule has 0 unspecified atom stereocenters. The maximum atomic E-state index is 11.9. The van der Waals surface area contributed by atoms with Gasteiger partial charge in [-0.2, -0.15) is 0 Å². The molecule has 0 radical (unpaired) electrons. The number of carbonyl (C=O) groups excluding carboxylic acids is 4. The lowest BCUT2D eigenvalue weighted by molar-refractivity contribution is -0.137. The predicted molar refractivity (Wildman–Crippen MR) is 89.3 cm³/mol. The quantitative estimate of drug-likeness (QED) is 0.389. The van der Waals surface area contributed by atoms with Gasteiger partial charge in [0.05, 0.1) is 36.5 Å². The number of methoxy groups -OCH3 is 2. The lowest BCUT2D eigenvalue weighted by Crippen LogP contribution is -2.15. The van der Waals surface area contributed by atoms with Gasteiger partial charge in [-0.1, -0.05) is 13.2 Å². The third-order valence-corrected chi connectivity index (χ3v) is 3.06. The second kappa shape index (κ2) is 9.77. The van der Waals surface area contributed by atoms with E-state index in [4.69, 9.17) is 9.47 Å². The van der Waals surface area contributed by atoms with Crippen LogP contribution in [0.1, 0.15) is 20.7 Å². The summed E-state index contributed by atoms with van der Waals surface area (Å²) in [5, 5.41) is 0. The smallest absolute Gasteiger partial charge is 0.338 e. The minimum Gasteiger partial charge on any atom is -0.466 e. The van der Waals surface area contributed by atoms with Gasteiger partial charge in [-0.15, -0.1) is 0 Å². The fraction of sp³-hybridized carbons (Fsp3) is 0.222. The fourth-order valence-electron chi connectivity index (χ4n) is 1.62. The number of benzene rings is 1. The van der Waals surface area contributed by atoms with Crippen molar-refractivity contribution in [3.05, 3.63) is 59.7 Å². The molecule has 0 fully saturated rings. The fourth-order valence-corrected chi connectivity index (χ4v) is 1.62. The van der Waals surface area contributed by atoms with Crippen LogP contribution in [0, 0.1) is 0 Å². The van der Waals surface area contributed by atoms with Crippen LogP contribution in [-0.4, -0.2) is 51.3 Å². The lowest BCUT2D eigenvalue weighted by atomic mass is 10.1. The van der Waals surface area contributed by atoms with Gasteiger partial charge in [0.25, 0.3) is 0 Å². The highest BCUT2D eigenvalue weighted by Gasteiger charge is 2.15. The first-order valence-electron chi connectivity index (χ1n) is 7.26. The van der Waals surface area contributed by atoms with Crippen molar-refractivity contribution in [1.82, 2.24) is 0 Å². The van der Waals surface area contributed by atoms with Crippen LogP contribution in [0.2, 0.25) is 0 Å². The van der Waals surface area contributed by atoms with Crippen molar-refractivity contribution in [2.24, 2.45) is 0 Å². The molecule has 0 aliphatic rings. The molecule has 8 nitrogen and oxygen atoms in total. The van der Waals surface area contributed by atoms with Gasteiger partial charge in [-0.3, -0.25) is 0 Å². The van der Waals surface area contributed by atoms with E-state index in [0.29, 0.717) is 0 Å². The molecular weight excluding hydrogens is 344 g/mol. The minimum atomic E-state index is -0.700. The second-order valence-corrected chi connectivity index (χ2v) is 4.92. The van der Waals surface area contributed by atoms with Crippen LogP contribution < -0.4 is 0 Å². The first-order valence-corrected chi connectivity index (χ1v) is 7.26. The average molecular weight is 362 g/mol. The summed E-state index contributed by atoms with van der Waals surface area (Å²) in [6, 6.07) is 5.42. The molecule has 0 heterocycles. The molecule has 0 atom stereocenters. The topological polar surface area (TPSA) is 105 Å². The van der Waals surface area contributed by atoms with Gasteiger partial charge in [0.1, 0.15) is 13.2 Å². The molecular formula is C18H18O8. The number of esters is 4. The second-order valence-electron chi connectivity index (χ2n) is 4.92. The summed E-state index contributed by atoms with van der Waals surface area (Å²) in [4.78, 5) is 46.0.